The number of pyridine rings is 1. The smallest absolute Gasteiger partial charge is 0.266 e. The molecule has 1 aliphatic heterocycles. The first kappa shape index (κ1) is 25.0. The number of likely N-dealkylation sites (N-methyl/N-ethyl adjacent to an activating group) is 1. The van der Waals surface area contributed by atoms with Gasteiger partial charge in [0.1, 0.15) is 32.4 Å². The van der Waals surface area contributed by atoms with E-state index in [0.717, 1.165) is 11.0 Å². The van der Waals surface area contributed by atoms with Crippen LogP contribution in [0.5, 0.6) is 11.5 Å². The zero-order valence-electron chi connectivity index (χ0n) is 19.2. The van der Waals surface area contributed by atoms with Crippen LogP contribution in [0.4, 0.5) is 17.6 Å². The summed E-state index contributed by atoms with van der Waals surface area (Å²) in [7, 11) is 1.42. The molecule has 2 heterocycles. The van der Waals surface area contributed by atoms with Crippen LogP contribution in [0.15, 0.2) is 59.7 Å². The molecule has 3 aromatic rings. The molecule has 1 amide bonds. The lowest BCUT2D eigenvalue weighted by atomic mass is 9.81. The Morgan fingerprint density at radius 2 is 1.61 bits per heavy atom. The van der Waals surface area contributed by atoms with E-state index in [0.29, 0.717) is 0 Å². The van der Waals surface area contributed by atoms with E-state index in [-0.39, 0.29) is 52.9 Å². The molecule has 0 radical (unpaired) electrons. The van der Waals surface area contributed by atoms with E-state index >= 15 is 0 Å². The average molecular weight is 502 g/mol. The van der Waals surface area contributed by atoms with Crippen LogP contribution in [0.1, 0.15) is 11.1 Å². The molecule has 0 bridgehead atoms. The van der Waals surface area contributed by atoms with Crippen molar-refractivity contribution < 1.29 is 31.8 Å². The zero-order chi connectivity index (χ0) is 25.9. The number of ether oxygens (including phenoxy) is 2. The number of carbonyl (C=O) groups excluding carboxylic acids is 1. The second-order valence-electron chi connectivity index (χ2n) is 7.82. The summed E-state index contributed by atoms with van der Waals surface area (Å²) in [5, 5.41) is 0. The molecule has 1 unspecified atom stereocenters. The zero-order valence-corrected chi connectivity index (χ0v) is 19.2. The van der Waals surface area contributed by atoms with Crippen molar-refractivity contribution in [3.8, 4) is 22.6 Å². The molecule has 2 aromatic carbocycles. The maximum atomic E-state index is 14.8. The molecule has 1 aliphatic rings. The lowest BCUT2D eigenvalue weighted by Gasteiger charge is -2.27. The summed E-state index contributed by atoms with van der Waals surface area (Å²) >= 11 is 0. The number of aliphatic imine (C=N–C) groups is 1. The molecule has 0 saturated carbocycles. The van der Waals surface area contributed by atoms with Gasteiger partial charge in [-0.15, -0.1) is 0 Å². The summed E-state index contributed by atoms with van der Waals surface area (Å²) in [6, 6.07) is 10.9. The molecular formula is C25H22F4N4O3. The number of guanidine groups is 1. The van der Waals surface area contributed by atoms with Gasteiger partial charge in [0.2, 0.25) is 5.95 Å². The van der Waals surface area contributed by atoms with E-state index in [1.807, 2.05) is 0 Å². The largest absolute Gasteiger partial charge is 0.487 e. The van der Waals surface area contributed by atoms with Crippen LogP contribution in [0, 0.1) is 11.8 Å². The van der Waals surface area contributed by atoms with Gasteiger partial charge in [-0.05, 0) is 47.5 Å². The highest BCUT2D eigenvalue weighted by Gasteiger charge is 2.50. The van der Waals surface area contributed by atoms with E-state index in [9.17, 15) is 22.4 Å². The number of carbonyl (C=O) groups is 1. The van der Waals surface area contributed by atoms with Gasteiger partial charge in [0, 0.05) is 24.4 Å². The lowest BCUT2D eigenvalue weighted by Crippen LogP contribution is -2.41. The van der Waals surface area contributed by atoms with Gasteiger partial charge in [0.15, 0.2) is 23.0 Å². The first-order valence-corrected chi connectivity index (χ1v) is 10.9. The van der Waals surface area contributed by atoms with Crippen LogP contribution in [-0.2, 0) is 10.3 Å². The number of alkyl halides is 2. The first-order valence-electron chi connectivity index (χ1n) is 10.9. The van der Waals surface area contributed by atoms with Crippen LogP contribution in [0.25, 0.3) is 11.1 Å². The standard InChI is InChI=1S/C25H22F4N4O3/c1-33-23(34)25(32-24(33)30,16-5-7-20(35-11-8-26)21(14-16)36-12-9-27)15-4-6-19(28)18(13-15)17-3-2-10-31-22(17)29/h2-7,10,13-14H,8-9,11-12H2,1H3,(H2,30,32). The Morgan fingerprint density at radius 3 is 2.25 bits per heavy atom. The van der Waals surface area contributed by atoms with Crippen molar-refractivity contribution in [3.05, 3.63) is 77.6 Å². The number of hydrogen-bond donors (Lipinski definition) is 1. The fourth-order valence-corrected chi connectivity index (χ4v) is 3.99. The van der Waals surface area contributed by atoms with Gasteiger partial charge in [0.25, 0.3) is 5.91 Å². The summed E-state index contributed by atoms with van der Waals surface area (Å²) in [4.78, 5) is 22.7. The van der Waals surface area contributed by atoms with E-state index < -0.39 is 36.6 Å². The molecule has 11 heteroatoms. The molecule has 188 valence electrons. The fourth-order valence-electron chi connectivity index (χ4n) is 3.99. The minimum absolute atomic E-state index is 0.0507. The van der Waals surface area contributed by atoms with Gasteiger partial charge < -0.3 is 15.2 Å². The number of nitrogens with two attached hydrogens (primary N) is 1. The highest BCUT2D eigenvalue weighted by Crippen LogP contribution is 2.43. The number of amides is 1. The highest BCUT2D eigenvalue weighted by atomic mass is 19.1. The molecule has 7 nitrogen and oxygen atoms in total. The molecule has 36 heavy (non-hydrogen) atoms. The molecular weight excluding hydrogens is 480 g/mol. The van der Waals surface area contributed by atoms with Gasteiger partial charge in [-0.2, -0.15) is 4.39 Å². The Hall–Kier alpha value is -4.15. The number of halogens is 4. The first-order chi connectivity index (χ1) is 17.3. The van der Waals surface area contributed by atoms with Crippen molar-refractivity contribution in [1.29, 1.82) is 0 Å². The predicted molar refractivity (Wildman–Crippen MR) is 124 cm³/mol. The molecule has 1 atom stereocenters. The van der Waals surface area contributed by atoms with E-state index in [2.05, 4.69) is 9.98 Å². The molecule has 1 aromatic heterocycles. The topological polar surface area (TPSA) is 90.0 Å². The van der Waals surface area contributed by atoms with Gasteiger partial charge in [0.05, 0.1) is 0 Å². The van der Waals surface area contributed by atoms with Gasteiger partial charge >= 0.3 is 0 Å². The van der Waals surface area contributed by atoms with E-state index in [1.54, 1.807) is 0 Å². The van der Waals surface area contributed by atoms with E-state index in [4.69, 9.17) is 15.2 Å². The molecule has 0 saturated heterocycles. The fraction of sp³-hybridized carbons (Fsp3) is 0.240. The second-order valence-corrected chi connectivity index (χ2v) is 7.82. The summed E-state index contributed by atoms with van der Waals surface area (Å²) in [5.41, 5.74) is 4.39. The second kappa shape index (κ2) is 10.2. The van der Waals surface area contributed by atoms with Gasteiger partial charge in [-0.3, -0.25) is 9.69 Å². The van der Waals surface area contributed by atoms with Crippen LogP contribution >= 0.6 is 0 Å². The quantitative estimate of drug-likeness (QED) is 0.356. The summed E-state index contributed by atoms with van der Waals surface area (Å²) in [6.45, 7) is -2.14. The number of nitrogens with zero attached hydrogens (tertiary/aromatic N) is 3. The third-order valence-electron chi connectivity index (χ3n) is 5.70. The van der Waals surface area contributed by atoms with Crippen molar-refractivity contribution in [3.63, 3.8) is 0 Å². The maximum Gasteiger partial charge on any atom is 0.266 e. The van der Waals surface area contributed by atoms with Crippen molar-refractivity contribution in [2.45, 2.75) is 5.54 Å². The Kier molecular flexibility index (Phi) is 7.09. The monoisotopic (exact) mass is 502 g/mol. The molecule has 2 N–H and O–H groups in total. The molecule has 0 spiro atoms. The van der Waals surface area contributed by atoms with Crippen LogP contribution < -0.4 is 15.2 Å². The highest BCUT2D eigenvalue weighted by molar-refractivity contribution is 6.09. The van der Waals surface area contributed by atoms with Crippen molar-refractivity contribution in [2.24, 2.45) is 10.7 Å². The minimum atomic E-state index is -1.80. The summed E-state index contributed by atoms with van der Waals surface area (Å²) < 4.78 is 65.5. The third-order valence-corrected chi connectivity index (χ3v) is 5.70. The van der Waals surface area contributed by atoms with Crippen LogP contribution in [-0.4, -0.2) is 55.4 Å². The van der Waals surface area contributed by atoms with Gasteiger partial charge in [-0.25, -0.2) is 23.1 Å². The number of hydrogen-bond acceptors (Lipinski definition) is 6. The number of rotatable bonds is 9. The van der Waals surface area contributed by atoms with Crippen molar-refractivity contribution >= 4 is 11.9 Å². The minimum Gasteiger partial charge on any atom is -0.487 e. The predicted octanol–water partition coefficient (Wildman–Crippen LogP) is 3.75. The average Bonchev–Trinajstić information content (AvgIpc) is 3.12. The van der Waals surface area contributed by atoms with Crippen molar-refractivity contribution in [2.75, 3.05) is 33.6 Å². The van der Waals surface area contributed by atoms with Gasteiger partial charge in [-0.1, -0.05) is 12.1 Å². The Bertz CT molecular complexity index is 1320. The SMILES string of the molecule is CN1C(=O)C(c2ccc(OCCF)c(OCCF)c2)(c2ccc(F)c(-c3cccnc3F)c2)N=C1N. The van der Waals surface area contributed by atoms with Crippen molar-refractivity contribution in [1.82, 2.24) is 9.88 Å². The third kappa shape index (κ3) is 4.32. The summed E-state index contributed by atoms with van der Waals surface area (Å²) in [5.74, 6) is -2.13. The number of aromatic nitrogens is 1. The Balaban J connectivity index is 1.93. The normalized spacial score (nSPS) is 17.3. The summed E-state index contributed by atoms with van der Waals surface area (Å²) in [6.07, 6.45) is 1.23. The van der Waals surface area contributed by atoms with Crippen LogP contribution in [0.2, 0.25) is 0 Å². The van der Waals surface area contributed by atoms with E-state index in [1.165, 1.54) is 55.7 Å². The molecule has 0 aliphatic carbocycles. The molecule has 0 fully saturated rings. The van der Waals surface area contributed by atoms with Crippen LogP contribution in [0.3, 0.4) is 0 Å². The maximum absolute atomic E-state index is 14.8. The molecule has 4 rings (SSSR count). The Labute approximate surface area is 204 Å². The Morgan fingerprint density at radius 1 is 0.944 bits per heavy atom. The lowest BCUT2D eigenvalue weighted by molar-refractivity contribution is -0.129. The number of benzene rings is 2.